The van der Waals surface area contributed by atoms with Crippen molar-refractivity contribution in [1.82, 2.24) is 15.5 Å². The molecule has 0 bridgehead atoms. The van der Waals surface area contributed by atoms with Crippen LogP contribution in [0.1, 0.15) is 31.9 Å². The van der Waals surface area contributed by atoms with E-state index < -0.39 is 0 Å². The second-order valence-electron chi connectivity index (χ2n) is 7.00. The Morgan fingerprint density at radius 1 is 1.42 bits per heavy atom. The topological polar surface area (TPSA) is 79.1 Å². The number of nitrogens with one attached hydrogen (secondary N) is 2. The van der Waals surface area contributed by atoms with Gasteiger partial charge >= 0.3 is 0 Å². The first-order chi connectivity index (χ1) is 12.7. The molecule has 2 saturated heterocycles. The molecule has 0 aromatic carbocycles. The SMILES string of the molecule is CCC(=O)N1CCC(NC(=NCC2CCOC2)NCCc2ccco2)C1. The van der Waals surface area contributed by atoms with Crippen LogP contribution >= 0.6 is 0 Å². The van der Waals surface area contributed by atoms with Gasteiger partial charge in [0.25, 0.3) is 0 Å². The summed E-state index contributed by atoms with van der Waals surface area (Å²) >= 11 is 0. The van der Waals surface area contributed by atoms with Gasteiger partial charge in [-0.1, -0.05) is 6.92 Å². The van der Waals surface area contributed by atoms with Gasteiger partial charge in [-0.3, -0.25) is 9.79 Å². The lowest BCUT2D eigenvalue weighted by atomic mass is 10.1. The van der Waals surface area contributed by atoms with E-state index in [1.54, 1.807) is 6.26 Å². The summed E-state index contributed by atoms with van der Waals surface area (Å²) in [6.45, 7) is 6.64. The Balaban J connectivity index is 1.51. The molecule has 26 heavy (non-hydrogen) atoms. The Morgan fingerprint density at radius 3 is 3.08 bits per heavy atom. The molecule has 2 aliphatic heterocycles. The zero-order chi connectivity index (χ0) is 18.2. The molecule has 2 N–H and O–H groups in total. The predicted octanol–water partition coefficient (Wildman–Crippen LogP) is 1.40. The number of amides is 1. The maximum Gasteiger partial charge on any atom is 0.222 e. The molecule has 3 heterocycles. The molecule has 1 amide bonds. The van der Waals surface area contributed by atoms with E-state index in [1.807, 2.05) is 24.0 Å². The Hall–Kier alpha value is -2.02. The van der Waals surface area contributed by atoms with E-state index in [4.69, 9.17) is 14.1 Å². The molecule has 3 rings (SSSR count). The smallest absolute Gasteiger partial charge is 0.222 e. The summed E-state index contributed by atoms with van der Waals surface area (Å²) in [4.78, 5) is 18.6. The Kier molecular flexibility index (Phi) is 6.94. The highest BCUT2D eigenvalue weighted by atomic mass is 16.5. The van der Waals surface area contributed by atoms with E-state index in [0.29, 0.717) is 12.3 Å². The first kappa shape index (κ1) is 18.8. The van der Waals surface area contributed by atoms with E-state index in [0.717, 1.165) is 70.4 Å². The van der Waals surface area contributed by atoms with Gasteiger partial charge in [-0.25, -0.2) is 0 Å². The van der Waals surface area contributed by atoms with Crippen molar-refractivity contribution in [2.45, 2.75) is 38.6 Å². The Labute approximate surface area is 155 Å². The molecule has 2 atom stereocenters. The average Bonchev–Trinajstić information content (AvgIpc) is 3.41. The number of ether oxygens (including phenoxy) is 1. The number of furan rings is 1. The third-order valence-corrected chi connectivity index (χ3v) is 4.96. The average molecular weight is 362 g/mol. The predicted molar refractivity (Wildman–Crippen MR) is 100 cm³/mol. The third-order valence-electron chi connectivity index (χ3n) is 4.96. The summed E-state index contributed by atoms with van der Waals surface area (Å²) in [5.41, 5.74) is 0. The standard InChI is InChI=1S/C19H30N4O3/c1-2-18(24)23-9-6-16(13-23)22-19(21-12-15-7-11-25-14-15)20-8-5-17-4-3-10-26-17/h3-4,10,15-16H,2,5-9,11-14H2,1H3,(H2,20,21,22). The van der Waals surface area contributed by atoms with Gasteiger partial charge in [0.2, 0.25) is 5.91 Å². The van der Waals surface area contributed by atoms with Gasteiger partial charge in [0.05, 0.1) is 12.9 Å². The van der Waals surface area contributed by atoms with Crippen LogP contribution in [0.25, 0.3) is 0 Å². The molecule has 144 valence electrons. The summed E-state index contributed by atoms with van der Waals surface area (Å²) in [5, 5.41) is 6.90. The van der Waals surface area contributed by atoms with Crippen molar-refractivity contribution >= 4 is 11.9 Å². The Morgan fingerprint density at radius 2 is 2.35 bits per heavy atom. The monoisotopic (exact) mass is 362 g/mol. The fourth-order valence-corrected chi connectivity index (χ4v) is 3.38. The van der Waals surface area contributed by atoms with E-state index in [-0.39, 0.29) is 11.9 Å². The van der Waals surface area contributed by atoms with Crippen molar-refractivity contribution in [1.29, 1.82) is 0 Å². The van der Waals surface area contributed by atoms with Gasteiger partial charge < -0.3 is 24.7 Å². The minimum absolute atomic E-state index is 0.224. The number of carbonyl (C=O) groups excluding carboxylic acids is 1. The maximum atomic E-state index is 11.9. The molecular weight excluding hydrogens is 332 g/mol. The summed E-state index contributed by atoms with van der Waals surface area (Å²) in [5.74, 6) is 2.50. The molecule has 0 saturated carbocycles. The number of guanidine groups is 1. The molecule has 0 radical (unpaired) electrons. The highest BCUT2D eigenvalue weighted by molar-refractivity contribution is 5.80. The molecule has 2 unspecified atom stereocenters. The van der Waals surface area contributed by atoms with Crippen molar-refractivity contribution in [3.63, 3.8) is 0 Å². The van der Waals surface area contributed by atoms with Crippen LogP contribution in [-0.4, -0.2) is 62.2 Å². The van der Waals surface area contributed by atoms with Crippen LogP contribution < -0.4 is 10.6 Å². The molecular formula is C19H30N4O3. The number of likely N-dealkylation sites (tertiary alicyclic amines) is 1. The minimum atomic E-state index is 0.224. The second-order valence-corrected chi connectivity index (χ2v) is 7.00. The van der Waals surface area contributed by atoms with Crippen molar-refractivity contribution in [2.24, 2.45) is 10.9 Å². The van der Waals surface area contributed by atoms with E-state index in [1.165, 1.54) is 0 Å². The molecule has 1 aromatic heterocycles. The summed E-state index contributed by atoms with van der Waals surface area (Å²) < 4.78 is 10.8. The first-order valence-corrected chi connectivity index (χ1v) is 9.67. The fourth-order valence-electron chi connectivity index (χ4n) is 3.38. The van der Waals surface area contributed by atoms with E-state index in [2.05, 4.69) is 10.6 Å². The third kappa shape index (κ3) is 5.49. The number of hydrogen-bond donors (Lipinski definition) is 2. The van der Waals surface area contributed by atoms with Crippen LogP contribution in [0.2, 0.25) is 0 Å². The maximum absolute atomic E-state index is 11.9. The lowest BCUT2D eigenvalue weighted by Gasteiger charge is -2.19. The molecule has 0 spiro atoms. The summed E-state index contributed by atoms with van der Waals surface area (Å²) in [6, 6.07) is 4.13. The molecule has 2 aliphatic rings. The fraction of sp³-hybridized carbons (Fsp3) is 0.684. The van der Waals surface area contributed by atoms with Gasteiger partial charge in [0.15, 0.2) is 5.96 Å². The lowest BCUT2D eigenvalue weighted by molar-refractivity contribution is -0.129. The van der Waals surface area contributed by atoms with Crippen LogP contribution in [0.15, 0.2) is 27.8 Å². The zero-order valence-electron chi connectivity index (χ0n) is 15.6. The number of aliphatic imine (C=N–C) groups is 1. The second kappa shape index (κ2) is 9.62. The molecule has 0 aliphatic carbocycles. The van der Waals surface area contributed by atoms with Crippen molar-refractivity contribution in [3.05, 3.63) is 24.2 Å². The molecule has 1 aromatic rings. The van der Waals surface area contributed by atoms with Crippen LogP contribution in [0.4, 0.5) is 0 Å². The molecule has 7 heteroatoms. The normalized spacial score (nSPS) is 23.4. The van der Waals surface area contributed by atoms with Crippen LogP contribution in [0.3, 0.4) is 0 Å². The largest absolute Gasteiger partial charge is 0.469 e. The molecule has 2 fully saturated rings. The number of carbonyl (C=O) groups is 1. The number of nitrogens with zero attached hydrogens (tertiary/aromatic N) is 2. The van der Waals surface area contributed by atoms with Gasteiger partial charge in [0, 0.05) is 57.6 Å². The quantitative estimate of drug-likeness (QED) is 0.566. The zero-order valence-corrected chi connectivity index (χ0v) is 15.6. The lowest BCUT2D eigenvalue weighted by Crippen LogP contribution is -2.45. The number of hydrogen-bond acceptors (Lipinski definition) is 4. The number of rotatable bonds is 7. The van der Waals surface area contributed by atoms with Crippen LogP contribution in [-0.2, 0) is 16.0 Å². The van der Waals surface area contributed by atoms with Gasteiger partial charge in [-0.15, -0.1) is 0 Å². The van der Waals surface area contributed by atoms with Gasteiger partial charge in [-0.2, -0.15) is 0 Å². The summed E-state index contributed by atoms with van der Waals surface area (Å²) in [7, 11) is 0. The highest BCUT2D eigenvalue weighted by Gasteiger charge is 2.26. The van der Waals surface area contributed by atoms with Crippen molar-refractivity contribution in [3.8, 4) is 0 Å². The van der Waals surface area contributed by atoms with Crippen LogP contribution in [0.5, 0.6) is 0 Å². The van der Waals surface area contributed by atoms with E-state index >= 15 is 0 Å². The Bertz CT molecular complexity index is 582. The summed E-state index contributed by atoms with van der Waals surface area (Å²) in [6.07, 6.45) is 5.10. The van der Waals surface area contributed by atoms with Gasteiger partial charge in [-0.05, 0) is 25.0 Å². The van der Waals surface area contributed by atoms with E-state index in [9.17, 15) is 4.79 Å². The highest BCUT2D eigenvalue weighted by Crippen LogP contribution is 2.13. The van der Waals surface area contributed by atoms with Crippen LogP contribution in [0, 0.1) is 5.92 Å². The first-order valence-electron chi connectivity index (χ1n) is 9.67. The van der Waals surface area contributed by atoms with Crippen molar-refractivity contribution < 1.29 is 13.9 Å². The molecule has 7 nitrogen and oxygen atoms in total. The van der Waals surface area contributed by atoms with Crippen molar-refractivity contribution in [2.75, 3.05) is 39.4 Å². The van der Waals surface area contributed by atoms with Gasteiger partial charge in [0.1, 0.15) is 5.76 Å². The minimum Gasteiger partial charge on any atom is -0.469 e.